The Morgan fingerprint density at radius 2 is 1.74 bits per heavy atom. The van der Waals surface area contributed by atoms with Crippen molar-refractivity contribution in [3.05, 3.63) is 65.7 Å². The standard InChI is InChI=1S/C27H33N3O4/c1-29-25(31)27(28-26(29)32,19-21-6-4-8-24(18-21)34-3)22-13-16-30(17-14-22)15-5-7-20-9-11-23(33-2)12-10-20/h4-12,18,22H,13-17,19H2,1-3H3,(H,28,32). The van der Waals surface area contributed by atoms with E-state index in [1.165, 1.54) is 4.90 Å². The Hall–Kier alpha value is -3.32. The molecule has 0 bridgehead atoms. The van der Waals surface area contributed by atoms with Gasteiger partial charge < -0.3 is 14.8 Å². The lowest BCUT2D eigenvalue weighted by Gasteiger charge is -2.40. The zero-order valence-electron chi connectivity index (χ0n) is 20.1. The summed E-state index contributed by atoms with van der Waals surface area (Å²) in [5.41, 5.74) is 1.20. The highest BCUT2D eigenvalue weighted by Gasteiger charge is 2.54. The van der Waals surface area contributed by atoms with E-state index in [0.29, 0.717) is 6.42 Å². The number of hydrogen-bond donors (Lipinski definition) is 1. The molecule has 7 nitrogen and oxygen atoms in total. The van der Waals surface area contributed by atoms with E-state index in [2.05, 4.69) is 22.4 Å². The van der Waals surface area contributed by atoms with Crippen molar-refractivity contribution in [1.82, 2.24) is 15.1 Å². The summed E-state index contributed by atoms with van der Waals surface area (Å²) in [5.74, 6) is 1.53. The number of nitrogens with one attached hydrogen (secondary N) is 1. The second kappa shape index (κ2) is 10.3. The quantitative estimate of drug-likeness (QED) is 0.606. The number of imide groups is 1. The van der Waals surface area contributed by atoms with Crippen LogP contribution in [0.15, 0.2) is 54.6 Å². The number of nitrogens with zero attached hydrogens (tertiary/aromatic N) is 2. The summed E-state index contributed by atoms with van der Waals surface area (Å²) < 4.78 is 10.6. The van der Waals surface area contributed by atoms with Gasteiger partial charge in [-0.1, -0.05) is 36.4 Å². The Kier molecular flexibility index (Phi) is 7.22. The maximum atomic E-state index is 13.3. The molecule has 0 saturated carbocycles. The lowest BCUT2D eigenvalue weighted by Crippen LogP contribution is -2.57. The minimum atomic E-state index is -0.913. The smallest absolute Gasteiger partial charge is 0.324 e. The number of ether oxygens (including phenoxy) is 2. The number of urea groups is 1. The third kappa shape index (κ3) is 4.94. The Morgan fingerprint density at radius 1 is 1.03 bits per heavy atom. The highest BCUT2D eigenvalue weighted by Crippen LogP contribution is 2.36. The molecule has 1 atom stereocenters. The van der Waals surface area contributed by atoms with Crippen LogP contribution in [0.25, 0.3) is 6.08 Å². The van der Waals surface area contributed by atoms with Gasteiger partial charge in [0.1, 0.15) is 17.0 Å². The monoisotopic (exact) mass is 463 g/mol. The number of carbonyl (C=O) groups is 2. The second-order valence-electron chi connectivity index (χ2n) is 9.04. The fourth-order valence-electron chi connectivity index (χ4n) is 5.03. The number of carbonyl (C=O) groups excluding carboxylic acids is 2. The van der Waals surface area contributed by atoms with Gasteiger partial charge in [-0.15, -0.1) is 0 Å². The molecule has 2 aliphatic rings. The van der Waals surface area contributed by atoms with E-state index in [4.69, 9.17) is 9.47 Å². The molecule has 4 rings (SSSR count). The molecule has 3 amide bonds. The highest BCUT2D eigenvalue weighted by atomic mass is 16.5. The van der Waals surface area contributed by atoms with Gasteiger partial charge in [0.2, 0.25) is 0 Å². The van der Waals surface area contributed by atoms with Gasteiger partial charge in [-0.25, -0.2) is 4.79 Å². The summed E-state index contributed by atoms with van der Waals surface area (Å²) in [6.45, 7) is 2.61. The van der Waals surface area contributed by atoms with Crippen molar-refractivity contribution in [2.75, 3.05) is 40.9 Å². The third-order valence-corrected chi connectivity index (χ3v) is 7.01. The van der Waals surface area contributed by atoms with Crippen LogP contribution in [0.2, 0.25) is 0 Å². The summed E-state index contributed by atoms with van der Waals surface area (Å²) in [6.07, 6.45) is 6.44. The average Bonchev–Trinajstić information content (AvgIpc) is 3.09. The molecule has 7 heteroatoms. The third-order valence-electron chi connectivity index (χ3n) is 7.01. The maximum absolute atomic E-state index is 13.3. The molecule has 1 N–H and O–H groups in total. The molecular formula is C27H33N3O4. The summed E-state index contributed by atoms with van der Waals surface area (Å²) in [4.78, 5) is 29.4. The second-order valence-corrected chi connectivity index (χ2v) is 9.04. The van der Waals surface area contributed by atoms with E-state index in [1.807, 2.05) is 48.5 Å². The van der Waals surface area contributed by atoms with Crippen molar-refractivity contribution >= 4 is 18.0 Å². The first-order valence-corrected chi connectivity index (χ1v) is 11.7. The predicted octanol–water partition coefficient (Wildman–Crippen LogP) is 3.59. The molecular weight excluding hydrogens is 430 g/mol. The highest BCUT2D eigenvalue weighted by molar-refractivity contribution is 6.07. The Bertz CT molecular complexity index is 1040. The van der Waals surface area contributed by atoms with E-state index in [9.17, 15) is 9.59 Å². The number of likely N-dealkylation sites (N-methyl/N-ethyl adjacent to an activating group) is 1. The molecule has 180 valence electrons. The van der Waals surface area contributed by atoms with Gasteiger partial charge in [-0.05, 0) is 67.2 Å². The van der Waals surface area contributed by atoms with Gasteiger partial charge in [0, 0.05) is 20.0 Å². The van der Waals surface area contributed by atoms with Gasteiger partial charge >= 0.3 is 6.03 Å². The Labute approximate surface area is 201 Å². The van der Waals surface area contributed by atoms with Crippen LogP contribution in [0.5, 0.6) is 11.5 Å². The zero-order valence-corrected chi connectivity index (χ0v) is 20.1. The Balaban J connectivity index is 1.42. The number of piperidine rings is 1. The van der Waals surface area contributed by atoms with Crippen LogP contribution < -0.4 is 14.8 Å². The minimum absolute atomic E-state index is 0.0712. The lowest BCUT2D eigenvalue weighted by atomic mass is 9.74. The van der Waals surface area contributed by atoms with Crippen LogP contribution in [0.3, 0.4) is 0 Å². The van der Waals surface area contributed by atoms with Crippen molar-refractivity contribution in [1.29, 1.82) is 0 Å². The van der Waals surface area contributed by atoms with Crippen LogP contribution in [-0.2, 0) is 11.2 Å². The van der Waals surface area contributed by atoms with Crippen LogP contribution in [0.1, 0.15) is 24.0 Å². The molecule has 2 aromatic rings. The van der Waals surface area contributed by atoms with Crippen molar-refractivity contribution in [2.45, 2.75) is 24.8 Å². The van der Waals surface area contributed by atoms with E-state index < -0.39 is 5.54 Å². The largest absolute Gasteiger partial charge is 0.497 e. The Morgan fingerprint density at radius 3 is 2.35 bits per heavy atom. The molecule has 2 fully saturated rings. The molecule has 2 saturated heterocycles. The number of methoxy groups -OCH3 is 2. The first-order valence-electron chi connectivity index (χ1n) is 11.7. The predicted molar refractivity (Wildman–Crippen MR) is 132 cm³/mol. The SMILES string of the molecule is COc1ccc(C=CCN2CCC(C3(Cc4cccc(OC)c4)NC(=O)N(C)C3=O)CC2)cc1. The minimum Gasteiger partial charge on any atom is -0.497 e. The summed E-state index contributed by atoms with van der Waals surface area (Å²) in [7, 11) is 4.85. The van der Waals surface area contributed by atoms with Crippen LogP contribution in [0, 0.1) is 5.92 Å². The van der Waals surface area contributed by atoms with Crippen molar-refractivity contribution in [3.63, 3.8) is 0 Å². The zero-order chi connectivity index (χ0) is 24.1. The molecule has 0 radical (unpaired) electrons. The van der Waals surface area contributed by atoms with E-state index in [0.717, 1.165) is 55.1 Å². The fraction of sp³-hybridized carbons (Fsp3) is 0.407. The van der Waals surface area contributed by atoms with E-state index in [-0.39, 0.29) is 17.9 Å². The molecule has 2 aliphatic heterocycles. The number of likely N-dealkylation sites (tertiary alicyclic amines) is 1. The van der Waals surface area contributed by atoms with Crippen LogP contribution in [-0.4, -0.2) is 68.2 Å². The molecule has 2 aromatic carbocycles. The topological polar surface area (TPSA) is 71.1 Å². The molecule has 2 heterocycles. The van der Waals surface area contributed by atoms with Crippen molar-refractivity contribution < 1.29 is 19.1 Å². The first-order chi connectivity index (χ1) is 16.4. The number of hydrogen-bond acceptors (Lipinski definition) is 5. The van der Waals surface area contributed by atoms with E-state index in [1.54, 1.807) is 21.3 Å². The van der Waals surface area contributed by atoms with Gasteiger partial charge in [-0.2, -0.15) is 0 Å². The molecule has 34 heavy (non-hydrogen) atoms. The average molecular weight is 464 g/mol. The molecule has 0 aliphatic carbocycles. The summed E-state index contributed by atoms with van der Waals surface area (Å²) in [6, 6.07) is 15.4. The van der Waals surface area contributed by atoms with Crippen molar-refractivity contribution in [3.8, 4) is 11.5 Å². The van der Waals surface area contributed by atoms with Crippen LogP contribution in [0.4, 0.5) is 4.79 Å². The van der Waals surface area contributed by atoms with Gasteiger partial charge in [0.15, 0.2) is 0 Å². The van der Waals surface area contributed by atoms with E-state index >= 15 is 0 Å². The van der Waals surface area contributed by atoms with Gasteiger partial charge in [0.25, 0.3) is 5.91 Å². The first kappa shape index (κ1) is 23.8. The summed E-state index contributed by atoms with van der Waals surface area (Å²) >= 11 is 0. The fourth-order valence-corrected chi connectivity index (χ4v) is 5.03. The summed E-state index contributed by atoms with van der Waals surface area (Å²) in [5, 5.41) is 3.07. The number of benzene rings is 2. The molecule has 0 aromatic heterocycles. The lowest BCUT2D eigenvalue weighted by molar-refractivity contribution is -0.133. The molecule has 0 spiro atoms. The van der Waals surface area contributed by atoms with Gasteiger partial charge in [0.05, 0.1) is 14.2 Å². The maximum Gasteiger partial charge on any atom is 0.324 e. The molecule has 1 unspecified atom stereocenters. The van der Waals surface area contributed by atoms with Gasteiger partial charge in [-0.3, -0.25) is 14.6 Å². The number of rotatable bonds is 8. The normalized spacial score (nSPS) is 21.8. The van der Waals surface area contributed by atoms with Crippen molar-refractivity contribution in [2.24, 2.45) is 5.92 Å². The van der Waals surface area contributed by atoms with Crippen LogP contribution >= 0.6 is 0 Å². The number of amides is 3.